The second-order valence-electron chi connectivity index (χ2n) is 4.26. The molecule has 1 N–H and O–H groups in total. The van der Waals surface area contributed by atoms with Crippen molar-refractivity contribution in [2.75, 3.05) is 25.1 Å². The fourth-order valence-corrected chi connectivity index (χ4v) is 1.57. The Bertz CT molecular complexity index is 303. The van der Waals surface area contributed by atoms with Crippen LogP contribution in [0.2, 0.25) is 0 Å². The summed E-state index contributed by atoms with van der Waals surface area (Å²) in [6.07, 6.45) is 2.75. The van der Waals surface area contributed by atoms with Gasteiger partial charge in [0.05, 0.1) is 12.3 Å². The molecule has 0 aromatic carbocycles. The van der Waals surface area contributed by atoms with Gasteiger partial charge in [0, 0.05) is 18.6 Å². The lowest BCUT2D eigenvalue weighted by atomic mass is 9.90. The fraction of sp³-hybridized carbons (Fsp3) is 0.700. The molecule has 1 unspecified atom stereocenters. The van der Waals surface area contributed by atoms with Crippen LogP contribution < -0.4 is 5.32 Å². The first-order valence-corrected chi connectivity index (χ1v) is 4.92. The van der Waals surface area contributed by atoms with Crippen molar-refractivity contribution in [1.29, 1.82) is 0 Å². The number of hydrogen-bond donors (Lipinski definition) is 1. The predicted octanol–water partition coefficient (Wildman–Crippen LogP) is 1.82. The van der Waals surface area contributed by atoms with Crippen molar-refractivity contribution in [3.05, 3.63) is 12.0 Å². The molecule has 2 rings (SSSR count). The Morgan fingerprint density at radius 3 is 3.07 bits per heavy atom. The molecular weight excluding hydrogens is 180 g/mol. The van der Waals surface area contributed by atoms with E-state index in [2.05, 4.69) is 17.2 Å². The molecule has 2 heterocycles. The molecule has 1 fully saturated rings. The smallest absolute Gasteiger partial charge is 0.294 e. The maximum absolute atomic E-state index is 5.36. The molecule has 0 spiro atoms. The van der Waals surface area contributed by atoms with Crippen molar-refractivity contribution < 1.29 is 9.15 Å². The molecule has 0 radical (unpaired) electrons. The molecule has 0 amide bonds. The number of hydrogen-bond acceptors (Lipinski definition) is 4. The highest BCUT2D eigenvalue weighted by molar-refractivity contribution is 5.21. The van der Waals surface area contributed by atoms with Crippen molar-refractivity contribution in [3.8, 4) is 0 Å². The van der Waals surface area contributed by atoms with Gasteiger partial charge in [-0.3, -0.25) is 0 Å². The van der Waals surface area contributed by atoms with E-state index in [-0.39, 0.29) is 5.41 Å². The van der Waals surface area contributed by atoms with Gasteiger partial charge in [0.25, 0.3) is 6.01 Å². The van der Waals surface area contributed by atoms with Crippen molar-refractivity contribution in [3.63, 3.8) is 0 Å². The van der Waals surface area contributed by atoms with Gasteiger partial charge in [-0.25, -0.2) is 0 Å². The van der Waals surface area contributed by atoms with Gasteiger partial charge >= 0.3 is 0 Å². The van der Waals surface area contributed by atoms with Crippen LogP contribution in [0.15, 0.2) is 10.7 Å². The monoisotopic (exact) mass is 196 g/mol. The largest absolute Gasteiger partial charge is 0.432 e. The van der Waals surface area contributed by atoms with Gasteiger partial charge in [0.2, 0.25) is 0 Å². The lowest BCUT2D eigenvalue weighted by molar-refractivity contribution is 0.164. The lowest BCUT2D eigenvalue weighted by Crippen LogP contribution is -2.26. The van der Waals surface area contributed by atoms with E-state index in [4.69, 9.17) is 9.15 Å². The molecule has 78 valence electrons. The van der Waals surface area contributed by atoms with Crippen LogP contribution in [0.4, 0.5) is 6.01 Å². The van der Waals surface area contributed by atoms with Crippen molar-refractivity contribution >= 4 is 6.01 Å². The summed E-state index contributed by atoms with van der Waals surface area (Å²) in [7, 11) is 0. The minimum Gasteiger partial charge on any atom is -0.432 e. The normalized spacial score (nSPS) is 26.7. The molecule has 4 nitrogen and oxygen atoms in total. The lowest BCUT2D eigenvalue weighted by Gasteiger charge is -2.20. The van der Waals surface area contributed by atoms with Crippen molar-refractivity contribution in [2.24, 2.45) is 5.41 Å². The first kappa shape index (κ1) is 9.52. The number of rotatable bonds is 3. The van der Waals surface area contributed by atoms with E-state index in [1.807, 2.05) is 6.92 Å². The first-order chi connectivity index (χ1) is 6.68. The maximum atomic E-state index is 5.36. The number of nitrogens with zero attached hydrogens (tertiary/aromatic N) is 1. The Balaban J connectivity index is 1.87. The molecule has 14 heavy (non-hydrogen) atoms. The minimum atomic E-state index is 0.225. The van der Waals surface area contributed by atoms with E-state index in [9.17, 15) is 0 Å². The quantitative estimate of drug-likeness (QED) is 0.801. The third kappa shape index (κ3) is 2.07. The number of oxazole rings is 1. The number of aryl methyl sites for hydroxylation is 1. The molecule has 1 aliphatic heterocycles. The molecular formula is C10H16N2O2. The van der Waals surface area contributed by atoms with Crippen molar-refractivity contribution in [1.82, 2.24) is 4.98 Å². The zero-order chi connectivity index (χ0) is 10.0. The van der Waals surface area contributed by atoms with E-state index < -0.39 is 0 Å². The van der Waals surface area contributed by atoms with E-state index >= 15 is 0 Å². The van der Waals surface area contributed by atoms with E-state index in [0.29, 0.717) is 6.01 Å². The number of ether oxygens (including phenoxy) is 1. The topological polar surface area (TPSA) is 47.3 Å². The first-order valence-electron chi connectivity index (χ1n) is 4.92. The SMILES string of the molecule is Cc1coc(NCC2(C)CCOC2)n1. The average molecular weight is 196 g/mol. The molecule has 1 aliphatic rings. The fourth-order valence-electron chi connectivity index (χ4n) is 1.57. The van der Waals surface area contributed by atoms with Crippen molar-refractivity contribution in [2.45, 2.75) is 20.3 Å². The van der Waals surface area contributed by atoms with Gasteiger partial charge in [-0.15, -0.1) is 0 Å². The highest BCUT2D eigenvalue weighted by Gasteiger charge is 2.29. The van der Waals surface area contributed by atoms with E-state index in [0.717, 1.165) is 31.9 Å². The summed E-state index contributed by atoms with van der Waals surface area (Å²) in [6, 6.07) is 0.607. The van der Waals surface area contributed by atoms with Gasteiger partial charge in [-0.2, -0.15) is 4.98 Å². The third-order valence-corrected chi connectivity index (χ3v) is 2.59. The zero-order valence-corrected chi connectivity index (χ0v) is 8.67. The van der Waals surface area contributed by atoms with Gasteiger partial charge in [0.15, 0.2) is 0 Å². The van der Waals surface area contributed by atoms with Crippen LogP contribution in [-0.2, 0) is 4.74 Å². The average Bonchev–Trinajstić information content (AvgIpc) is 2.73. The summed E-state index contributed by atoms with van der Waals surface area (Å²) >= 11 is 0. The van der Waals surface area contributed by atoms with Gasteiger partial charge in [-0.05, 0) is 13.3 Å². The van der Waals surface area contributed by atoms with Crippen LogP contribution >= 0.6 is 0 Å². The molecule has 4 heteroatoms. The van der Waals surface area contributed by atoms with Crippen LogP contribution in [0.1, 0.15) is 19.0 Å². The Morgan fingerprint density at radius 1 is 1.64 bits per heavy atom. The summed E-state index contributed by atoms with van der Waals surface area (Å²) in [5.74, 6) is 0. The summed E-state index contributed by atoms with van der Waals surface area (Å²) in [4.78, 5) is 4.18. The van der Waals surface area contributed by atoms with Crippen LogP contribution in [0.5, 0.6) is 0 Å². The highest BCUT2D eigenvalue weighted by Crippen LogP contribution is 2.27. The second kappa shape index (κ2) is 3.61. The number of nitrogens with one attached hydrogen (secondary N) is 1. The Kier molecular flexibility index (Phi) is 2.46. The molecule has 1 saturated heterocycles. The number of anilines is 1. The van der Waals surface area contributed by atoms with Crippen LogP contribution in [0.3, 0.4) is 0 Å². The van der Waals surface area contributed by atoms with E-state index in [1.54, 1.807) is 6.26 Å². The third-order valence-electron chi connectivity index (χ3n) is 2.59. The molecule has 0 saturated carbocycles. The molecule has 1 aromatic heterocycles. The highest BCUT2D eigenvalue weighted by atomic mass is 16.5. The summed E-state index contributed by atoms with van der Waals surface area (Å²) in [5.41, 5.74) is 1.13. The summed E-state index contributed by atoms with van der Waals surface area (Å²) < 4.78 is 10.6. The Hall–Kier alpha value is -1.03. The van der Waals surface area contributed by atoms with Gasteiger partial charge in [-0.1, -0.05) is 6.92 Å². The standard InChI is InChI=1S/C10H16N2O2/c1-8-5-14-9(12-8)11-6-10(2)3-4-13-7-10/h5H,3-4,6-7H2,1-2H3,(H,11,12). The second-order valence-corrected chi connectivity index (χ2v) is 4.26. The Labute approximate surface area is 83.7 Å². The summed E-state index contributed by atoms with van der Waals surface area (Å²) in [5, 5.41) is 3.19. The Morgan fingerprint density at radius 2 is 2.50 bits per heavy atom. The minimum absolute atomic E-state index is 0.225. The molecule has 0 aliphatic carbocycles. The van der Waals surface area contributed by atoms with Gasteiger partial charge in [0.1, 0.15) is 6.26 Å². The molecule has 1 aromatic rings. The summed E-state index contributed by atoms with van der Waals surface area (Å²) in [6.45, 7) is 6.66. The van der Waals surface area contributed by atoms with E-state index in [1.165, 1.54) is 0 Å². The maximum Gasteiger partial charge on any atom is 0.294 e. The zero-order valence-electron chi connectivity index (χ0n) is 8.67. The van der Waals surface area contributed by atoms with Crippen LogP contribution in [0, 0.1) is 12.3 Å². The number of aromatic nitrogens is 1. The van der Waals surface area contributed by atoms with Crippen LogP contribution in [0.25, 0.3) is 0 Å². The van der Waals surface area contributed by atoms with Gasteiger partial charge < -0.3 is 14.5 Å². The van der Waals surface area contributed by atoms with Crippen LogP contribution in [-0.4, -0.2) is 24.7 Å². The predicted molar refractivity (Wildman–Crippen MR) is 53.3 cm³/mol. The molecule has 0 bridgehead atoms. The molecule has 1 atom stereocenters.